The van der Waals surface area contributed by atoms with Gasteiger partial charge in [-0.1, -0.05) is 111 Å². The highest BCUT2D eigenvalue weighted by Crippen LogP contribution is 2.46. The first-order chi connectivity index (χ1) is 34.2. The van der Waals surface area contributed by atoms with Crippen LogP contribution in [0.2, 0.25) is 0 Å². The lowest BCUT2D eigenvalue weighted by Crippen LogP contribution is -2.64. The fraction of sp³-hybridized carbons (Fsp3) is 0.238. The maximum atomic E-state index is 7.24. The Morgan fingerprint density at radius 2 is 0.667 bits per heavy atom. The van der Waals surface area contributed by atoms with E-state index in [1.165, 1.54) is 33.1 Å². The molecule has 0 aromatic heterocycles. The lowest BCUT2D eigenvalue weighted by atomic mass is 9.30. The Balaban J connectivity index is 1.03. The summed E-state index contributed by atoms with van der Waals surface area (Å²) in [5.41, 5.74) is 20.4. The van der Waals surface area contributed by atoms with Gasteiger partial charge in [-0.2, -0.15) is 0 Å². The van der Waals surface area contributed by atoms with Crippen molar-refractivity contribution in [2.75, 3.05) is 4.90 Å². The van der Waals surface area contributed by atoms with Crippen LogP contribution in [0.3, 0.4) is 0 Å². The minimum Gasteiger partial charge on any atom is -0.458 e. The average molecular weight is 940 g/mol. The van der Waals surface area contributed by atoms with Crippen LogP contribution >= 0.6 is 0 Å². The topological polar surface area (TPSA) is 49.4 Å². The van der Waals surface area contributed by atoms with Gasteiger partial charge in [0.2, 0.25) is 0 Å². The van der Waals surface area contributed by atoms with Crippen molar-refractivity contribution in [3.63, 3.8) is 0 Å². The minimum atomic E-state index is -0.212. The monoisotopic (exact) mass is 939 g/mol. The van der Waals surface area contributed by atoms with E-state index in [-0.39, 0.29) is 36.4 Å². The summed E-state index contributed by atoms with van der Waals surface area (Å²) in [6, 6.07) is 45.2. The first kappa shape index (κ1) is 43.5. The van der Waals surface area contributed by atoms with E-state index < -0.39 is 0 Å². The highest BCUT2D eigenvalue weighted by molar-refractivity contribution is 7.02. The van der Waals surface area contributed by atoms with E-state index in [2.05, 4.69) is 209 Å². The van der Waals surface area contributed by atoms with E-state index in [4.69, 9.17) is 23.7 Å². The van der Waals surface area contributed by atoms with Crippen LogP contribution in [0.4, 0.5) is 17.1 Å². The molecule has 0 amide bonds. The van der Waals surface area contributed by atoms with E-state index in [0.29, 0.717) is 0 Å². The summed E-state index contributed by atoms with van der Waals surface area (Å²) in [6.07, 6.45) is 0. The Bertz CT molecular complexity index is 3740. The molecule has 0 saturated heterocycles. The third-order valence-electron chi connectivity index (χ3n) is 16.1. The van der Waals surface area contributed by atoms with Crippen molar-refractivity contribution in [2.45, 2.75) is 99.3 Å². The van der Waals surface area contributed by atoms with Crippen molar-refractivity contribution in [1.82, 2.24) is 0 Å². The summed E-state index contributed by atoms with van der Waals surface area (Å²) in [6.45, 7) is 26.5. The number of aryl methyl sites for hydroxylation is 3. The predicted octanol–water partition coefficient (Wildman–Crippen LogP) is 10.4. The number of anilines is 3. The molecule has 0 radical (unpaired) electrons. The van der Waals surface area contributed by atoms with Crippen LogP contribution in [0, 0.1) is 20.8 Å². The van der Waals surface area contributed by atoms with Gasteiger partial charge in [-0.25, -0.2) is 0 Å². The Hall–Kier alpha value is -7.25. The molecule has 6 heterocycles. The van der Waals surface area contributed by atoms with Crippen molar-refractivity contribution in [1.29, 1.82) is 0 Å². The van der Waals surface area contributed by atoms with Gasteiger partial charge in [0.25, 0.3) is 20.1 Å². The van der Waals surface area contributed by atoms with E-state index >= 15 is 0 Å². The van der Waals surface area contributed by atoms with Crippen LogP contribution in [0.1, 0.15) is 95.7 Å². The van der Waals surface area contributed by atoms with Gasteiger partial charge in [0.15, 0.2) is 0 Å². The normalized spacial score (nSPS) is 14.8. The zero-order valence-electron chi connectivity index (χ0n) is 43.3. The van der Waals surface area contributed by atoms with Crippen LogP contribution in [0.5, 0.6) is 57.5 Å². The van der Waals surface area contributed by atoms with E-state index in [1.54, 1.807) is 0 Å². The molecule has 0 atom stereocenters. The van der Waals surface area contributed by atoms with E-state index in [0.717, 1.165) is 124 Å². The van der Waals surface area contributed by atoms with Crippen molar-refractivity contribution in [2.24, 2.45) is 0 Å². The SMILES string of the molecule is Cc1cc2c3c(c1)Oc1cc4c(cc1B3c1cc(C(C)(C)C)ccc1O2)B1c2cc3c(cc2Oc2cc(C)cc(c21)O4)N(c1ccc(C(C)(C)C)cc1)c1cc(C)cc2c1B3c1cc(C(C)(C)C)ccc1O2. The number of fused-ring (bicyclic) bond motifs is 12. The van der Waals surface area contributed by atoms with Crippen molar-refractivity contribution in [3.8, 4) is 57.5 Å². The lowest BCUT2D eigenvalue weighted by molar-refractivity contribution is 0.451. The Labute approximate surface area is 424 Å². The minimum absolute atomic E-state index is 0.00510. The van der Waals surface area contributed by atoms with Gasteiger partial charge in [-0.15, -0.1) is 0 Å². The number of nitrogens with zero attached hydrogens (tertiary/aromatic N) is 1. The van der Waals surface area contributed by atoms with Crippen LogP contribution in [0.25, 0.3) is 0 Å². The molecule has 0 fully saturated rings. The van der Waals surface area contributed by atoms with E-state index in [9.17, 15) is 0 Å². The molecule has 0 spiro atoms. The molecule has 8 aromatic rings. The summed E-state index contributed by atoms with van der Waals surface area (Å²) in [7, 11) is 0. The van der Waals surface area contributed by atoms with Crippen LogP contribution in [-0.2, 0) is 16.2 Å². The maximum absolute atomic E-state index is 7.24. The Morgan fingerprint density at radius 1 is 0.306 bits per heavy atom. The van der Waals surface area contributed by atoms with Gasteiger partial charge >= 0.3 is 0 Å². The van der Waals surface area contributed by atoms with Crippen LogP contribution in [-0.4, -0.2) is 20.1 Å². The number of rotatable bonds is 1. The molecular weight excluding hydrogens is 883 g/mol. The third kappa shape index (κ3) is 6.31. The lowest BCUT2D eigenvalue weighted by Gasteiger charge is -2.42. The van der Waals surface area contributed by atoms with E-state index in [1.807, 2.05) is 0 Å². The summed E-state index contributed by atoms with van der Waals surface area (Å²) >= 11 is 0. The highest BCUT2D eigenvalue weighted by Gasteiger charge is 2.49. The molecule has 6 aliphatic heterocycles. The standard InChI is InChI=1S/C63H56B3NO5/c1-33-21-47-58-53(22-33)68-48-19-15-37(62(7,8)9)27-41(48)64(58)40-29-43-50(31-46(40)67(47)39-17-13-36(14-18-39)61(4,5)6)70-55-24-35(3)26-57-60(55)66(43)45-30-44-51(32-52(45)72-57)71-56-25-34(2)23-54-59(56)65(44)42-28-38(63(10,11)12)16-20-49(42)69-54/h13-32H,1-12H3. The second-order valence-corrected chi connectivity index (χ2v) is 24.4. The molecular formula is C63H56B3NO5. The highest BCUT2D eigenvalue weighted by atomic mass is 16.5. The Kier molecular flexibility index (Phi) is 8.75. The number of ether oxygens (including phenoxy) is 5. The summed E-state index contributed by atoms with van der Waals surface area (Å²) in [5.74, 6) is 8.38. The van der Waals surface area contributed by atoms with Crippen LogP contribution < -0.4 is 77.7 Å². The largest absolute Gasteiger partial charge is 0.458 e. The molecule has 6 aliphatic rings. The third-order valence-corrected chi connectivity index (χ3v) is 16.1. The molecule has 0 unspecified atom stereocenters. The molecule has 14 rings (SSSR count). The first-order valence-corrected chi connectivity index (χ1v) is 25.6. The molecule has 0 saturated carbocycles. The fourth-order valence-electron chi connectivity index (χ4n) is 12.5. The molecule has 0 bridgehead atoms. The van der Waals surface area contributed by atoms with Crippen molar-refractivity contribution in [3.05, 3.63) is 155 Å². The predicted molar refractivity (Wildman–Crippen MR) is 298 cm³/mol. The van der Waals surface area contributed by atoms with Gasteiger partial charge in [-0.3, -0.25) is 0 Å². The zero-order valence-corrected chi connectivity index (χ0v) is 43.3. The van der Waals surface area contributed by atoms with Crippen molar-refractivity contribution >= 4 is 86.4 Å². The van der Waals surface area contributed by atoms with Gasteiger partial charge in [0.05, 0.1) is 0 Å². The number of benzene rings is 8. The fourth-order valence-corrected chi connectivity index (χ4v) is 12.5. The summed E-state index contributed by atoms with van der Waals surface area (Å²) in [5, 5.41) is 0. The summed E-state index contributed by atoms with van der Waals surface area (Å²) in [4.78, 5) is 2.45. The van der Waals surface area contributed by atoms with Crippen LogP contribution in [0.15, 0.2) is 121 Å². The smallest absolute Gasteiger partial charge is 0.260 e. The summed E-state index contributed by atoms with van der Waals surface area (Å²) < 4.78 is 35.1. The second kappa shape index (κ2) is 14.5. The quantitative estimate of drug-likeness (QED) is 0.153. The van der Waals surface area contributed by atoms with Gasteiger partial charge in [0.1, 0.15) is 57.5 Å². The van der Waals surface area contributed by atoms with Gasteiger partial charge < -0.3 is 28.6 Å². The molecule has 9 heteroatoms. The average Bonchev–Trinajstić information content (AvgIpc) is 3.31. The molecule has 8 aromatic carbocycles. The molecule has 352 valence electrons. The Morgan fingerprint density at radius 3 is 1.12 bits per heavy atom. The zero-order chi connectivity index (χ0) is 49.7. The van der Waals surface area contributed by atoms with Gasteiger partial charge in [-0.05, 0) is 169 Å². The second-order valence-electron chi connectivity index (χ2n) is 24.4. The molecule has 0 aliphatic carbocycles. The maximum Gasteiger partial charge on any atom is 0.260 e. The number of hydrogen-bond donors (Lipinski definition) is 0. The number of hydrogen-bond acceptors (Lipinski definition) is 6. The first-order valence-electron chi connectivity index (χ1n) is 25.6. The molecule has 6 nitrogen and oxygen atoms in total. The molecule has 0 N–H and O–H groups in total. The van der Waals surface area contributed by atoms with Gasteiger partial charge in [0, 0.05) is 40.1 Å². The van der Waals surface area contributed by atoms with Crippen molar-refractivity contribution < 1.29 is 23.7 Å². The molecule has 72 heavy (non-hydrogen) atoms.